The van der Waals surface area contributed by atoms with Crippen molar-refractivity contribution in [3.8, 4) is 0 Å². The molecule has 4 heteroatoms. The molecule has 2 nitrogen and oxygen atoms in total. The lowest BCUT2D eigenvalue weighted by atomic mass is 10.3. The van der Waals surface area contributed by atoms with Crippen molar-refractivity contribution in [1.82, 2.24) is 4.90 Å². The second-order valence-corrected chi connectivity index (χ2v) is 3.25. The predicted molar refractivity (Wildman–Crippen MR) is 44.7 cm³/mol. The Hall–Kier alpha value is 0.500. The van der Waals surface area contributed by atoms with Gasteiger partial charge in [-0.05, 0) is 14.1 Å². The minimum atomic E-state index is -0.494. The molecule has 0 aliphatic heterocycles. The van der Waals surface area contributed by atoms with Crippen molar-refractivity contribution in [2.24, 2.45) is 0 Å². The van der Waals surface area contributed by atoms with Crippen LogP contribution in [0, 0.1) is 0 Å². The van der Waals surface area contributed by atoms with Crippen molar-refractivity contribution in [3.05, 3.63) is 0 Å². The molecule has 0 saturated carbocycles. The van der Waals surface area contributed by atoms with Crippen molar-refractivity contribution >= 4 is 23.2 Å². The molecule has 0 saturated heterocycles. The summed E-state index contributed by atoms with van der Waals surface area (Å²) in [6.07, 6.45) is 0.0180. The van der Waals surface area contributed by atoms with Gasteiger partial charge in [-0.25, -0.2) is 0 Å². The SMILES string of the molecule is CN(C)C(Cl)CC(O)CCl. The number of aliphatic hydroxyl groups is 1. The van der Waals surface area contributed by atoms with Gasteiger partial charge in [0.25, 0.3) is 0 Å². The van der Waals surface area contributed by atoms with Gasteiger partial charge in [-0.15, -0.1) is 23.2 Å². The summed E-state index contributed by atoms with van der Waals surface area (Å²) in [6, 6.07) is 0. The van der Waals surface area contributed by atoms with Crippen LogP contribution in [0.15, 0.2) is 0 Å². The number of alkyl halides is 2. The standard InChI is InChI=1S/C6H13Cl2NO/c1-9(2)6(8)3-5(10)4-7/h5-6,10H,3-4H2,1-2H3. The topological polar surface area (TPSA) is 23.5 Å². The van der Waals surface area contributed by atoms with Gasteiger partial charge < -0.3 is 5.11 Å². The molecular formula is C6H13Cl2NO. The van der Waals surface area contributed by atoms with Crippen molar-refractivity contribution in [2.75, 3.05) is 20.0 Å². The number of nitrogens with zero attached hydrogens (tertiary/aromatic N) is 1. The quantitative estimate of drug-likeness (QED) is 0.525. The average Bonchev–Trinajstić information content (AvgIpc) is 1.87. The summed E-state index contributed by atoms with van der Waals surface area (Å²) < 4.78 is 0. The van der Waals surface area contributed by atoms with Crippen LogP contribution in [0.4, 0.5) is 0 Å². The zero-order valence-corrected chi connectivity index (χ0v) is 7.73. The van der Waals surface area contributed by atoms with Crippen LogP contribution in [0.3, 0.4) is 0 Å². The molecule has 0 aromatic rings. The summed E-state index contributed by atoms with van der Waals surface area (Å²) in [6.45, 7) is 0. The molecule has 0 aliphatic carbocycles. The number of aliphatic hydroxyl groups excluding tert-OH is 1. The highest BCUT2D eigenvalue weighted by molar-refractivity contribution is 6.20. The first-order valence-corrected chi connectivity index (χ1v) is 4.09. The Labute approximate surface area is 71.7 Å². The molecule has 0 aromatic heterocycles. The van der Waals surface area contributed by atoms with Gasteiger partial charge in [0.1, 0.15) is 0 Å². The fraction of sp³-hybridized carbons (Fsp3) is 1.00. The van der Waals surface area contributed by atoms with E-state index < -0.39 is 6.10 Å². The molecule has 2 unspecified atom stereocenters. The first kappa shape index (κ1) is 10.5. The van der Waals surface area contributed by atoms with Crippen molar-refractivity contribution in [1.29, 1.82) is 0 Å². The van der Waals surface area contributed by atoms with Crippen molar-refractivity contribution in [3.63, 3.8) is 0 Å². The van der Waals surface area contributed by atoms with E-state index in [-0.39, 0.29) is 11.4 Å². The second kappa shape index (κ2) is 5.19. The van der Waals surface area contributed by atoms with Gasteiger partial charge in [0, 0.05) is 12.3 Å². The highest BCUT2D eigenvalue weighted by atomic mass is 35.5. The minimum absolute atomic E-state index is 0.131. The largest absolute Gasteiger partial charge is 0.392 e. The predicted octanol–water partition coefficient (Wildman–Crippen LogP) is 1.10. The van der Waals surface area contributed by atoms with Gasteiger partial charge in [-0.3, -0.25) is 4.90 Å². The molecule has 62 valence electrons. The molecule has 10 heavy (non-hydrogen) atoms. The first-order valence-electron chi connectivity index (χ1n) is 3.12. The van der Waals surface area contributed by atoms with Gasteiger partial charge in [-0.1, -0.05) is 0 Å². The van der Waals surface area contributed by atoms with Gasteiger partial charge in [0.2, 0.25) is 0 Å². The smallest absolute Gasteiger partial charge is 0.0870 e. The van der Waals surface area contributed by atoms with Crippen LogP contribution in [0.1, 0.15) is 6.42 Å². The highest BCUT2D eigenvalue weighted by Gasteiger charge is 2.12. The van der Waals surface area contributed by atoms with Gasteiger partial charge in [0.05, 0.1) is 11.6 Å². The Morgan fingerprint density at radius 1 is 1.50 bits per heavy atom. The van der Waals surface area contributed by atoms with Crippen LogP contribution < -0.4 is 0 Å². The Balaban J connectivity index is 3.46. The highest BCUT2D eigenvalue weighted by Crippen LogP contribution is 2.08. The first-order chi connectivity index (χ1) is 4.57. The number of halogens is 2. The third-order valence-corrected chi connectivity index (χ3v) is 2.13. The summed E-state index contributed by atoms with van der Waals surface area (Å²) in [5.74, 6) is 0.247. The molecule has 0 radical (unpaired) electrons. The Morgan fingerprint density at radius 2 is 2.00 bits per heavy atom. The maximum Gasteiger partial charge on any atom is 0.0870 e. The lowest BCUT2D eigenvalue weighted by Crippen LogP contribution is -2.27. The Morgan fingerprint density at radius 3 is 2.30 bits per heavy atom. The summed E-state index contributed by atoms with van der Waals surface area (Å²) in [7, 11) is 3.72. The zero-order chi connectivity index (χ0) is 8.15. The van der Waals surface area contributed by atoms with Crippen LogP contribution in [-0.4, -0.2) is 41.6 Å². The fourth-order valence-electron chi connectivity index (χ4n) is 0.498. The number of hydrogen-bond acceptors (Lipinski definition) is 2. The molecule has 0 aliphatic rings. The van der Waals surface area contributed by atoms with Crippen LogP contribution in [0.5, 0.6) is 0 Å². The molecule has 0 spiro atoms. The van der Waals surface area contributed by atoms with E-state index in [2.05, 4.69) is 0 Å². The molecule has 0 amide bonds. The summed E-state index contributed by atoms with van der Waals surface area (Å²) >= 11 is 11.2. The monoisotopic (exact) mass is 185 g/mol. The van der Waals surface area contributed by atoms with Crippen LogP contribution in [0.25, 0.3) is 0 Å². The third-order valence-electron chi connectivity index (χ3n) is 1.21. The van der Waals surface area contributed by atoms with E-state index in [0.717, 1.165) is 0 Å². The van der Waals surface area contributed by atoms with E-state index in [0.29, 0.717) is 6.42 Å². The van der Waals surface area contributed by atoms with E-state index >= 15 is 0 Å². The van der Waals surface area contributed by atoms with E-state index in [1.54, 1.807) is 0 Å². The van der Waals surface area contributed by atoms with E-state index in [9.17, 15) is 0 Å². The van der Waals surface area contributed by atoms with E-state index in [4.69, 9.17) is 28.3 Å². The van der Waals surface area contributed by atoms with Crippen LogP contribution in [0.2, 0.25) is 0 Å². The zero-order valence-electron chi connectivity index (χ0n) is 6.22. The Bertz CT molecular complexity index is 89.8. The van der Waals surface area contributed by atoms with E-state index in [1.165, 1.54) is 0 Å². The lowest BCUT2D eigenvalue weighted by Gasteiger charge is -2.19. The van der Waals surface area contributed by atoms with Gasteiger partial charge >= 0.3 is 0 Å². The lowest BCUT2D eigenvalue weighted by molar-refractivity contribution is 0.164. The molecule has 0 heterocycles. The molecule has 0 rings (SSSR count). The molecule has 0 bridgehead atoms. The van der Waals surface area contributed by atoms with Crippen LogP contribution >= 0.6 is 23.2 Å². The maximum atomic E-state index is 9.03. The number of rotatable bonds is 4. The minimum Gasteiger partial charge on any atom is -0.392 e. The van der Waals surface area contributed by atoms with E-state index in [1.807, 2.05) is 19.0 Å². The summed E-state index contributed by atoms with van der Waals surface area (Å²) in [4.78, 5) is 1.83. The molecule has 0 fully saturated rings. The third kappa shape index (κ3) is 4.34. The van der Waals surface area contributed by atoms with Gasteiger partial charge in [0.15, 0.2) is 0 Å². The average molecular weight is 186 g/mol. The fourth-order valence-corrected chi connectivity index (χ4v) is 0.830. The molecule has 0 aromatic carbocycles. The number of hydrogen-bond donors (Lipinski definition) is 1. The molecular weight excluding hydrogens is 173 g/mol. The second-order valence-electron chi connectivity index (χ2n) is 2.44. The maximum absolute atomic E-state index is 9.03. The van der Waals surface area contributed by atoms with Crippen molar-refractivity contribution < 1.29 is 5.11 Å². The van der Waals surface area contributed by atoms with Crippen LogP contribution in [-0.2, 0) is 0 Å². The Kier molecular flexibility index (Phi) is 5.45. The normalized spacial score (nSPS) is 17.4. The summed E-state index contributed by atoms with van der Waals surface area (Å²) in [5, 5.41) is 9.03. The van der Waals surface area contributed by atoms with Gasteiger partial charge in [-0.2, -0.15) is 0 Å². The summed E-state index contributed by atoms with van der Waals surface area (Å²) in [5.41, 5.74) is -0.131. The molecule has 1 N–H and O–H groups in total. The molecule has 2 atom stereocenters. The van der Waals surface area contributed by atoms with Crippen molar-refractivity contribution in [2.45, 2.75) is 18.0 Å².